The van der Waals surface area contributed by atoms with Gasteiger partial charge >= 0.3 is 5.97 Å². The third kappa shape index (κ3) is 3.57. The smallest absolute Gasteiger partial charge is 0.340 e. The molecule has 1 aromatic carbocycles. The van der Waals surface area contributed by atoms with E-state index in [-0.39, 0.29) is 5.97 Å². The van der Waals surface area contributed by atoms with Gasteiger partial charge in [0.15, 0.2) is 5.60 Å². The summed E-state index contributed by atoms with van der Waals surface area (Å²) in [7, 11) is 0. The van der Waals surface area contributed by atoms with E-state index in [2.05, 4.69) is 31.2 Å². The molecule has 0 bridgehead atoms. The van der Waals surface area contributed by atoms with Crippen LogP contribution < -0.4 is 0 Å². The minimum Gasteiger partial charge on any atom is -0.464 e. The van der Waals surface area contributed by atoms with E-state index < -0.39 is 5.60 Å². The maximum atomic E-state index is 11.9. The van der Waals surface area contributed by atoms with Gasteiger partial charge in [0, 0.05) is 0 Å². The van der Waals surface area contributed by atoms with Crippen molar-refractivity contribution in [1.82, 2.24) is 0 Å². The summed E-state index contributed by atoms with van der Waals surface area (Å²) in [6.07, 6.45) is 2.79. The largest absolute Gasteiger partial charge is 0.464 e. The van der Waals surface area contributed by atoms with E-state index >= 15 is 0 Å². The topological polar surface area (TPSA) is 38.8 Å². The molecule has 3 heteroatoms. The van der Waals surface area contributed by atoms with Gasteiger partial charge in [0.2, 0.25) is 0 Å². The van der Waals surface area contributed by atoms with Crippen molar-refractivity contribution in [2.24, 2.45) is 5.92 Å². The molecule has 2 unspecified atom stereocenters. The van der Waals surface area contributed by atoms with Crippen molar-refractivity contribution in [3.8, 4) is 0 Å². The Hall–Kier alpha value is -1.35. The molecule has 1 aromatic rings. The Balaban J connectivity index is 1.94. The van der Waals surface area contributed by atoms with Crippen LogP contribution in [0.15, 0.2) is 30.3 Å². The predicted molar refractivity (Wildman–Crippen MR) is 73.9 cm³/mol. The maximum Gasteiger partial charge on any atom is 0.340 e. The summed E-state index contributed by atoms with van der Waals surface area (Å²) in [5.74, 6) is 0.260. The summed E-state index contributed by atoms with van der Waals surface area (Å²) >= 11 is 0. The lowest BCUT2D eigenvalue weighted by molar-refractivity contribution is -0.150. The van der Waals surface area contributed by atoms with Crippen LogP contribution in [0.25, 0.3) is 0 Å². The number of hydrogen-bond acceptors (Lipinski definition) is 3. The fourth-order valence-electron chi connectivity index (χ4n) is 2.44. The zero-order valence-corrected chi connectivity index (χ0v) is 11.7. The van der Waals surface area contributed by atoms with E-state index in [9.17, 15) is 4.79 Å². The Bertz CT molecular complexity index is 409. The van der Waals surface area contributed by atoms with E-state index in [1.807, 2.05) is 13.0 Å². The highest BCUT2D eigenvalue weighted by atomic mass is 16.6. The number of epoxide rings is 1. The molecule has 1 aliphatic rings. The van der Waals surface area contributed by atoms with Gasteiger partial charge in [0.05, 0.1) is 13.2 Å². The molecule has 1 saturated heterocycles. The molecule has 0 amide bonds. The van der Waals surface area contributed by atoms with Crippen molar-refractivity contribution < 1.29 is 14.3 Å². The normalized spacial score (nSPS) is 22.8. The summed E-state index contributed by atoms with van der Waals surface area (Å²) in [6.45, 7) is 4.92. The van der Waals surface area contributed by atoms with E-state index in [4.69, 9.17) is 9.47 Å². The van der Waals surface area contributed by atoms with Crippen LogP contribution in [0.4, 0.5) is 0 Å². The Morgan fingerprint density at radius 2 is 2.05 bits per heavy atom. The molecule has 2 atom stereocenters. The van der Waals surface area contributed by atoms with Crippen molar-refractivity contribution in [3.63, 3.8) is 0 Å². The molecule has 3 nitrogen and oxygen atoms in total. The minimum atomic E-state index is -0.647. The first-order valence-electron chi connectivity index (χ1n) is 7.05. The lowest BCUT2D eigenvalue weighted by atomic mass is 9.88. The van der Waals surface area contributed by atoms with Crippen molar-refractivity contribution in [1.29, 1.82) is 0 Å². The van der Waals surface area contributed by atoms with Crippen molar-refractivity contribution in [2.75, 3.05) is 13.2 Å². The molecule has 0 aromatic heterocycles. The van der Waals surface area contributed by atoms with Gasteiger partial charge in [0.1, 0.15) is 0 Å². The molecule has 1 fully saturated rings. The van der Waals surface area contributed by atoms with Crippen molar-refractivity contribution in [2.45, 2.75) is 38.7 Å². The second-order valence-electron chi connectivity index (χ2n) is 5.17. The Morgan fingerprint density at radius 3 is 2.58 bits per heavy atom. The predicted octanol–water partition coefficient (Wildman–Crippen LogP) is 2.98. The molecular formula is C16H22O3. The monoisotopic (exact) mass is 262 g/mol. The minimum absolute atomic E-state index is 0.193. The molecule has 2 rings (SSSR count). The lowest BCUT2D eigenvalue weighted by Crippen LogP contribution is -2.30. The fraction of sp³-hybridized carbons (Fsp3) is 0.562. The van der Waals surface area contributed by atoms with Gasteiger partial charge in [0.25, 0.3) is 0 Å². The Labute approximate surface area is 114 Å². The SMILES string of the molecule is CCOC(=O)C1(CC(CC)Cc2ccccc2)CO1. The molecule has 0 radical (unpaired) electrons. The third-order valence-corrected chi connectivity index (χ3v) is 3.70. The molecule has 0 spiro atoms. The third-order valence-electron chi connectivity index (χ3n) is 3.70. The number of benzene rings is 1. The number of carbonyl (C=O) groups is 1. The van der Waals surface area contributed by atoms with Crippen LogP contribution in [0.3, 0.4) is 0 Å². The lowest BCUT2D eigenvalue weighted by Gasteiger charge is -2.19. The zero-order chi connectivity index (χ0) is 13.7. The molecule has 0 N–H and O–H groups in total. The van der Waals surface area contributed by atoms with Crippen LogP contribution in [0.2, 0.25) is 0 Å². The summed E-state index contributed by atoms with van der Waals surface area (Å²) < 4.78 is 10.5. The second kappa shape index (κ2) is 6.20. The standard InChI is InChI=1S/C16H22O3/c1-3-13(10-14-8-6-5-7-9-14)11-16(12-19-16)15(17)18-4-2/h5-9,13H,3-4,10-12H2,1-2H3. The quantitative estimate of drug-likeness (QED) is 0.560. The summed E-state index contributed by atoms with van der Waals surface area (Å²) in [4.78, 5) is 11.9. The van der Waals surface area contributed by atoms with Gasteiger partial charge in [-0.25, -0.2) is 4.79 Å². The Morgan fingerprint density at radius 1 is 1.37 bits per heavy atom. The molecule has 19 heavy (non-hydrogen) atoms. The van der Waals surface area contributed by atoms with Crippen LogP contribution in [0, 0.1) is 5.92 Å². The molecule has 104 valence electrons. The number of rotatable bonds is 7. The number of hydrogen-bond donors (Lipinski definition) is 0. The molecule has 0 saturated carbocycles. The van der Waals surface area contributed by atoms with E-state index in [0.29, 0.717) is 19.1 Å². The first-order chi connectivity index (χ1) is 9.20. The van der Waals surface area contributed by atoms with Gasteiger partial charge in [-0.3, -0.25) is 0 Å². The van der Waals surface area contributed by atoms with Crippen molar-refractivity contribution in [3.05, 3.63) is 35.9 Å². The van der Waals surface area contributed by atoms with Crippen LogP contribution in [0.1, 0.15) is 32.3 Å². The van der Waals surface area contributed by atoms with E-state index in [0.717, 1.165) is 19.3 Å². The molecule has 0 aliphatic carbocycles. The van der Waals surface area contributed by atoms with Crippen molar-refractivity contribution >= 4 is 5.97 Å². The Kier molecular flexibility index (Phi) is 4.59. The van der Waals surface area contributed by atoms with Crippen LogP contribution in [-0.2, 0) is 20.7 Å². The van der Waals surface area contributed by atoms with Gasteiger partial charge < -0.3 is 9.47 Å². The highest BCUT2D eigenvalue weighted by Crippen LogP contribution is 2.37. The summed E-state index contributed by atoms with van der Waals surface area (Å²) in [5, 5.41) is 0. The number of esters is 1. The molecule has 1 heterocycles. The van der Waals surface area contributed by atoms with E-state index in [1.54, 1.807) is 0 Å². The number of carbonyl (C=O) groups excluding carboxylic acids is 1. The van der Waals surface area contributed by atoms with Crippen LogP contribution >= 0.6 is 0 Å². The van der Waals surface area contributed by atoms with Gasteiger partial charge in [-0.05, 0) is 31.2 Å². The first kappa shape index (κ1) is 14.1. The first-order valence-corrected chi connectivity index (χ1v) is 7.05. The zero-order valence-electron chi connectivity index (χ0n) is 11.7. The van der Waals surface area contributed by atoms with Crippen LogP contribution in [-0.4, -0.2) is 24.8 Å². The second-order valence-corrected chi connectivity index (χ2v) is 5.17. The van der Waals surface area contributed by atoms with Gasteiger partial charge in [-0.2, -0.15) is 0 Å². The highest BCUT2D eigenvalue weighted by Gasteiger charge is 2.54. The van der Waals surface area contributed by atoms with E-state index in [1.165, 1.54) is 5.56 Å². The molecular weight excluding hydrogens is 240 g/mol. The molecule has 1 aliphatic heterocycles. The van der Waals surface area contributed by atoms with Gasteiger partial charge in [-0.1, -0.05) is 43.7 Å². The van der Waals surface area contributed by atoms with Gasteiger partial charge in [-0.15, -0.1) is 0 Å². The maximum absolute atomic E-state index is 11.9. The highest BCUT2D eigenvalue weighted by molar-refractivity contribution is 5.82. The fourth-order valence-corrected chi connectivity index (χ4v) is 2.44. The average molecular weight is 262 g/mol. The summed E-state index contributed by atoms with van der Waals surface area (Å²) in [5.41, 5.74) is 0.667. The average Bonchev–Trinajstić information content (AvgIpc) is 3.20. The number of ether oxygens (including phenoxy) is 2. The summed E-state index contributed by atoms with van der Waals surface area (Å²) in [6, 6.07) is 10.4. The van der Waals surface area contributed by atoms with Crippen LogP contribution in [0.5, 0.6) is 0 Å².